The Kier molecular flexibility index (Phi) is 4.80. The zero-order chi connectivity index (χ0) is 13.8. The SMILES string of the molecule is CCCN1CC(=O)N(CC(C)CNC2CC2)CC1=O. The lowest BCUT2D eigenvalue weighted by atomic mass is 10.1. The van der Waals surface area contributed by atoms with Gasteiger partial charge in [-0.25, -0.2) is 0 Å². The molecule has 1 saturated heterocycles. The van der Waals surface area contributed by atoms with E-state index in [9.17, 15) is 9.59 Å². The number of piperazine rings is 1. The van der Waals surface area contributed by atoms with E-state index in [0.29, 0.717) is 25.0 Å². The molecular formula is C14H25N3O2. The Balaban J connectivity index is 1.76. The zero-order valence-electron chi connectivity index (χ0n) is 12.0. The lowest BCUT2D eigenvalue weighted by molar-refractivity contribution is -0.150. The first kappa shape index (κ1) is 14.3. The topological polar surface area (TPSA) is 52.7 Å². The van der Waals surface area contributed by atoms with Gasteiger partial charge in [0.15, 0.2) is 0 Å². The normalized spacial score (nSPS) is 22.0. The number of carbonyl (C=O) groups excluding carboxylic acids is 2. The maximum atomic E-state index is 12.0. The monoisotopic (exact) mass is 267 g/mol. The average molecular weight is 267 g/mol. The summed E-state index contributed by atoms with van der Waals surface area (Å²) in [6.07, 6.45) is 3.46. The smallest absolute Gasteiger partial charge is 0.242 e. The highest BCUT2D eigenvalue weighted by molar-refractivity contribution is 5.92. The van der Waals surface area contributed by atoms with E-state index in [-0.39, 0.29) is 24.9 Å². The standard InChI is InChI=1S/C14H25N3O2/c1-3-6-16-9-14(19)17(10-13(16)18)8-11(2)7-15-12-4-5-12/h11-12,15H,3-10H2,1-2H3. The van der Waals surface area contributed by atoms with Gasteiger partial charge in [0.05, 0.1) is 13.1 Å². The van der Waals surface area contributed by atoms with Gasteiger partial charge in [0.1, 0.15) is 0 Å². The van der Waals surface area contributed by atoms with Gasteiger partial charge in [0.25, 0.3) is 0 Å². The molecule has 1 atom stereocenters. The van der Waals surface area contributed by atoms with Gasteiger partial charge in [-0.05, 0) is 31.7 Å². The Morgan fingerprint density at radius 3 is 2.47 bits per heavy atom. The molecule has 2 amide bonds. The van der Waals surface area contributed by atoms with Crippen LogP contribution >= 0.6 is 0 Å². The first-order valence-electron chi connectivity index (χ1n) is 7.39. The zero-order valence-corrected chi connectivity index (χ0v) is 12.0. The molecule has 2 aliphatic rings. The summed E-state index contributed by atoms with van der Waals surface area (Å²) < 4.78 is 0. The molecule has 1 aliphatic heterocycles. The van der Waals surface area contributed by atoms with Crippen LogP contribution in [0.5, 0.6) is 0 Å². The third-order valence-electron chi connectivity index (χ3n) is 3.72. The van der Waals surface area contributed by atoms with Gasteiger partial charge >= 0.3 is 0 Å². The first-order chi connectivity index (χ1) is 9.10. The highest BCUT2D eigenvalue weighted by atomic mass is 16.2. The molecule has 2 fully saturated rings. The van der Waals surface area contributed by atoms with Crippen molar-refractivity contribution in [2.45, 2.75) is 39.2 Å². The summed E-state index contributed by atoms with van der Waals surface area (Å²) in [5, 5.41) is 3.47. The van der Waals surface area contributed by atoms with Crippen molar-refractivity contribution in [2.24, 2.45) is 5.92 Å². The number of hydrogen-bond acceptors (Lipinski definition) is 3. The molecule has 0 aromatic carbocycles. The number of amides is 2. The van der Waals surface area contributed by atoms with E-state index in [2.05, 4.69) is 12.2 Å². The maximum absolute atomic E-state index is 12.0. The van der Waals surface area contributed by atoms with Gasteiger partial charge in [-0.15, -0.1) is 0 Å². The fourth-order valence-corrected chi connectivity index (χ4v) is 2.44. The molecule has 5 heteroatoms. The third kappa shape index (κ3) is 4.20. The summed E-state index contributed by atoms with van der Waals surface area (Å²) in [5.41, 5.74) is 0. The van der Waals surface area contributed by atoms with Gasteiger partial charge < -0.3 is 15.1 Å². The van der Waals surface area contributed by atoms with Crippen molar-refractivity contribution in [2.75, 3.05) is 32.7 Å². The molecule has 1 aliphatic carbocycles. The summed E-state index contributed by atoms with van der Waals surface area (Å²) in [6.45, 7) is 6.98. The van der Waals surface area contributed by atoms with Crippen molar-refractivity contribution in [3.8, 4) is 0 Å². The number of hydrogen-bond donors (Lipinski definition) is 1. The van der Waals surface area contributed by atoms with Gasteiger partial charge in [-0.3, -0.25) is 9.59 Å². The Morgan fingerprint density at radius 2 is 1.84 bits per heavy atom. The Morgan fingerprint density at radius 1 is 1.21 bits per heavy atom. The molecule has 5 nitrogen and oxygen atoms in total. The number of nitrogens with zero attached hydrogens (tertiary/aromatic N) is 2. The van der Waals surface area contributed by atoms with Gasteiger partial charge in [0, 0.05) is 19.1 Å². The second-order valence-corrected chi connectivity index (χ2v) is 5.88. The van der Waals surface area contributed by atoms with Crippen LogP contribution in [0.25, 0.3) is 0 Å². The number of nitrogens with one attached hydrogen (secondary N) is 1. The molecule has 0 bridgehead atoms. The molecule has 0 spiro atoms. The second-order valence-electron chi connectivity index (χ2n) is 5.88. The minimum absolute atomic E-state index is 0.0869. The van der Waals surface area contributed by atoms with Crippen molar-refractivity contribution in [1.82, 2.24) is 15.1 Å². The first-order valence-corrected chi connectivity index (χ1v) is 7.39. The van der Waals surface area contributed by atoms with Crippen LogP contribution in [0.2, 0.25) is 0 Å². The summed E-state index contributed by atoms with van der Waals surface area (Å²) in [5.74, 6) is 0.574. The van der Waals surface area contributed by atoms with E-state index in [1.54, 1.807) is 9.80 Å². The van der Waals surface area contributed by atoms with Gasteiger partial charge in [-0.1, -0.05) is 13.8 Å². The molecule has 0 radical (unpaired) electrons. The quantitative estimate of drug-likeness (QED) is 0.729. The van der Waals surface area contributed by atoms with Crippen molar-refractivity contribution < 1.29 is 9.59 Å². The summed E-state index contributed by atoms with van der Waals surface area (Å²) in [4.78, 5) is 27.3. The largest absolute Gasteiger partial charge is 0.332 e. The molecule has 1 unspecified atom stereocenters. The fraction of sp³-hybridized carbons (Fsp3) is 0.857. The number of carbonyl (C=O) groups is 2. The van der Waals surface area contributed by atoms with Crippen LogP contribution in [0.1, 0.15) is 33.1 Å². The van der Waals surface area contributed by atoms with Crippen LogP contribution in [0.4, 0.5) is 0 Å². The predicted molar refractivity (Wildman–Crippen MR) is 73.6 cm³/mol. The fourth-order valence-electron chi connectivity index (χ4n) is 2.44. The number of rotatable bonds is 7. The van der Waals surface area contributed by atoms with E-state index in [0.717, 1.165) is 13.0 Å². The Hall–Kier alpha value is -1.10. The lowest BCUT2D eigenvalue weighted by Gasteiger charge is -2.35. The Labute approximate surface area is 115 Å². The van der Waals surface area contributed by atoms with Crippen LogP contribution < -0.4 is 5.32 Å². The lowest BCUT2D eigenvalue weighted by Crippen LogP contribution is -2.55. The van der Waals surface area contributed by atoms with Crippen LogP contribution in [0.3, 0.4) is 0 Å². The molecule has 0 aromatic heterocycles. The van der Waals surface area contributed by atoms with E-state index in [1.165, 1.54) is 12.8 Å². The highest BCUT2D eigenvalue weighted by Gasteiger charge is 2.30. The van der Waals surface area contributed by atoms with Crippen LogP contribution in [-0.2, 0) is 9.59 Å². The molecule has 108 valence electrons. The van der Waals surface area contributed by atoms with Crippen molar-refractivity contribution in [3.05, 3.63) is 0 Å². The Bertz CT molecular complexity index is 342. The van der Waals surface area contributed by atoms with Gasteiger partial charge in [0.2, 0.25) is 11.8 Å². The second kappa shape index (κ2) is 6.37. The maximum Gasteiger partial charge on any atom is 0.242 e. The molecule has 1 N–H and O–H groups in total. The van der Waals surface area contributed by atoms with E-state index >= 15 is 0 Å². The van der Waals surface area contributed by atoms with Crippen molar-refractivity contribution in [1.29, 1.82) is 0 Å². The molecular weight excluding hydrogens is 242 g/mol. The highest BCUT2D eigenvalue weighted by Crippen LogP contribution is 2.19. The molecule has 1 heterocycles. The van der Waals surface area contributed by atoms with Crippen molar-refractivity contribution in [3.63, 3.8) is 0 Å². The van der Waals surface area contributed by atoms with E-state index < -0.39 is 0 Å². The van der Waals surface area contributed by atoms with Crippen LogP contribution in [0.15, 0.2) is 0 Å². The summed E-state index contributed by atoms with van der Waals surface area (Å²) in [6, 6.07) is 0.696. The summed E-state index contributed by atoms with van der Waals surface area (Å²) in [7, 11) is 0. The molecule has 1 saturated carbocycles. The van der Waals surface area contributed by atoms with E-state index in [1.807, 2.05) is 6.92 Å². The van der Waals surface area contributed by atoms with Crippen LogP contribution in [-0.4, -0.2) is 60.4 Å². The average Bonchev–Trinajstić information content (AvgIpc) is 3.17. The molecule has 0 aromatic rings. The predicted octanol–water partition coefficient (Wildman–Crippen LogP) is 0.455. The molecule has 2 rings (SSSR count). The van der Waals surface area contributed by atoms with Gasteiger partial charge in [-0.2, -0.15) is 0 Å². The third-order valence-corrected chi connectivity index (χ3v) is 3.72. The van der Waals surface area contributed by atoms with Crippen LogP contribution in [0, 0.1) is 5.92 Å². The summed E-state index contributed by atoms with van der Waals surface area (Å²) >= 11 is 0. The minimum atomic E-state index is 0.0869. The van der Waals surface area contributed by atoms with Crippen molar-refractivity contribution >= 4 is 11.8 Å². The minimum Gasteiger partial charge on any atom is -0.332 e. The van der Waals surface area contributed by atoms with E-state index in [4.69, 9.17) is 0 Å². The molecule has 19 heavy (non-hydrogen) atoms.